The number of carbonyl (C=O) groups is 1. The van der Waals surface area contributed by atoms with E-state index in [0.29, 0.717) is 23.6 Å². The summed E-state index contributed by atoms with van der Waals surface area (Å²) >= 11 is 0. The van der Waals surface area contributed by atoms with Crippen molar-refractivity contribution in [1.29, 1.82) is 0 Å². The molecule has 3 aromatic rings. The third-order valence-electron chi connectivity index (χ3n) is 3.87. The van der Waals surface area contributed by atoms with Crippen LogP contribution in [-0.2, 0) is 0 Å². The first-order chi connectivity index (χ1) is 12.5. The molecule has 0 saturated carbocycles. The van der Waals surface area contributed by atoms with E-state index in [0.717, 1.165) is 11.9 Å². The molecule has 3 rings (SSSR count). The molecule has 0 radical (unpaired) electrons. The summed E-state index contributed by atoms with van der Waals surface area (Å²) in [5.74, 6) is -0.758. The highest BCUT2D eigenvalue weighted by atomic mass is 19.1. The molecule has 1 N–H and O–H groups in total. The smallest absolute Gasteiger partial charge is 0.258 e. The molecule has 0 unspecified atom stereocenters. The molecule has 1 aromatic heterocycles. The molecule has 1 heterocycles. The highest BCUT2D eigenvalue weighted by molar-refractivity contribution is 6.08. The average Bonchev–Trinajstić information content (AvgIpc) is 2.62. The molecule has 0 aliphatic rings. The Morgan fingerprint density at radius 3 is 2.77 bits per heavy atom. The quantitative estimate of drug-likeness (QED) is 0.736. The SMILES string of the molecule is CN(C)CCOc1ccc(C(=O)Nc2cccc3cccnc23)c(F)c1. The van der Waals surface area contributed by atoms with Gasteiger partial charge >= 0.3 is 0 Å². The maximum atomic E-state index is 14.3. The Bertz CT molecular complexity index is 923. The predicted molar refractivity (Wildman–Crippen MR) is 100 cm³/mol. The van der Waals surface area contributed by atoms with E-state index in [1.807, 2.05) is 43.3 Å². The second-order valence-corrected chi connectivity index (χ2v) is 6.13. The zero-order valence-corrected chi connectivity index (χ0v) is 14.7. The first-order valence-electron chi connectivity index (χ1n) is 8.27. The number of aromatic nitrogens is 1. The van der Waals surface area contributed by atoms with Gasteiger partial charge in [-0.05, 0) is 38.4 Å². The van der Waals surface area contributed by atoms with Crippen LogP contribution in [0.3, 0.4) is 0 Å². The van der Waals surface area contributed by atoms with Crippen LogP contribution in [-0.4, -0.2) is 43.0 Å². The van der Waals surface area contributed by atoms with Crippen molar-refractivity contribution in [2.45, 2.75) is 0 Å². The van der Waals surface area contributed by atoms with Crippen LogP contribution in [0.15, 0.2) is 54.7 Å². The molecule has 0 atom stereocenters. The minimum absolute atomic E-state index is 0.0436. The topological polar surface area (TPSA) is 54.5 Å². The lowest BCUT2D eigenvalue weighted by Gasteiger charge is -2.12. The first kappa shape index (κ1) is 17.8. The van der Waals surface area contributed by atoms with Gasteiger partial charge in [0.1, 0.15) is 18.2 Å². The summed E-state index contributed by atoms with van der Waals surface area (Å²) < 4.78 is 19.8. The fraction of sp³-hybridized carbons (Fsp3) is 0.200. The molecule has 0 aliphatic carbocycles. The second kappa shape index (κ2) is 7.93. The lowest BCUT2D eigenvalue weighted by atomic mass is 10.1. The maximum absolute atomic E-state index is 14.3. The largest absolute Gasteiger partial charge is 0.492 e. The van der Waals surface area contributed by atoms with Crippen LogP contribution in [0, 0.1) is 5.82 Å². The van der Waals surface area contributed by atoms with Crippen molar-refractivity contribution in [3.8, 4) is 5.75 Å². The van der Waals surface area contributed by atoms with Crippen LogP contribution in [0.4, 0.5) is 10.1 Å². The second-order valence-electron chi connectivity index (χ2n) is 6.13. The molecule has 1 amide bonds. The van der Waals surface area contributed by atoms with Crippen molar-refractivity contribution in [2.24, 2.45) is 0 Å². The predicted octanol–water partition coefficient (Wildman–Crippen LogP) is 3.57. The van der Waals surface area contributed by atoms with E-state index in [2.05, 4.69) is 10.3 Å². The minimum atomic E-state index is -0.627. The maximum Gasteiger partial charge on any atom is 0.258 e. The van der Waals surface area contributed by atoms with Gasteiger partial charge in [-0.1, -0.05) is 18.2 Å². The standard InChI is InChI=1S/C20H20FN3O2/c1-24(2)11-12-26-15-8-9-16(17(21)13-15)20(25)23-18-7-3-5-14-6-4-10-22-19(14)18/h3-10,13H,11-12H2,1-2H3,(H,23,25). The third-order valence-corrected chi connectivity index (χ3v) is 3.87. The van der Waals surface area contributed by atoms with Crippen LogP contribution in [0.25, 0.3) is 10.9 Å². The van der Waals surface area contributed by atoms with Crippen molar-refractivity contribution in [1.82, 2.24) is 9.88 Å². The Morgan fingerprint density at radius 1 is 1.19 bits per heavy atom. The summed E-state index contributed by atoms with van der Waals surface area (Å²) in [6, 6.07) is 13.4. The minimum Gasteiger partial charge on any atom is -0.492 e. The van der Waals surface area contributed by atoms with E-state index in [1.165, 1.54) is 12.1 Å². The molecule has 5 nitrogen and oxygen atoms in total. The number of likely N-dealkylation sites (N-methyl/N-ethyl adjacent to an activating group) is 1. The van der Waals surface area contributed by atoms with E-state index in [-0.39, 0.29) is 5.56 Å². The molecular formula is C20H20FN3O2. The van der Waals surface area contributed by atoms with Gasteiger partial charge in [0.05, 0.1) is 16.8 Å². The van der Waals surface area contributed by atoms with Gasteiger partial charge in [0, 0.05) is 24.2 Å². The van der Waals surface area contributed by atoms with Gasteiger partial charge in [-0.25, -0.2) is 4.39 Å². The first-order valence-corrected chi connectivity index (χ1v) is 8.27. The highest BCUT2D eigenvalue weighted by Gasteiger charge is 2.14. The van der Waals surface area contributed by atoms with Gasteiger partial charge in [0.25, 0.3) is 5.91 Å². The van der Waals surface area contributed by atoms with Crippen molar-refractivity contribution >= 4 is 22.5 Å². The number of hydrogen-bond acceptors (Lipinski definition) is 4. The molecule has 2 aromatic carbocycles. The number of anilines is 1. The van der Waals surface area contributed by atoms with Gasteiger partial charge in [0.2, 0.25) is 0 Å². The summed E-state index contributed by atoms with van der Waals surface area (Å²) in [5, 5.41) is 3.63. The molecular weight excluding hydrogens is 333 g/mol. The number of amides is 1. The van der Waals surface area contributed by atoms with Crippen LogP contribution in [0.2, 0.25) is 0 Å². The lowest BCUT2D eigenvalue weighted by molar-refractivity contribution is 0.102. The molecule has 6 heteroatoms. The summed E-state index contributed by atoms with van der Waals surface area (Å²) in [5.41, 5.74) is 1.16. The molecule has 134 valence electrons. The number of nitrogens with zero attached hydrogens (tertiary/aromatic N) is 2. The fourth-order valence-corrected chi connectivity index (χ4v) is 2.51. The number of hydrogen-bond donors (Lipinski definition) is 1. The molecule has 26 heavy (non-hydrogen) atoms. The van der Waals surface area contributed by atoms with Crippen LogP contribution in [0.1, 0.15) is 10.4 Å². The summed E-state index contributed by atoms with van der Waals surface area (Å²) in [4.78, 5) is 18.7. The van der Waals surface area contributed by atoms with Gasteiger partial charge in [0.15, 0.2) is 0 Å². The van der Waals surface area contributed by atoms with E-state index in [1.54, 1.807) is 18.3 Å². The number of carbonyl (C=O) groups excluding carboxylic acids is 1. The number of nitrogens with one attached hydrogen (secondary N) is 1. The number of para-hydroxylation sites is 1. The van der Waals surface area contributed by atoms with Gasteiger partial charge < -0.3 is 15.0 Å². The van der Waals surface area contributed by atoms with Gasteiger partial charge in [-0.3, -0.25) is 9.78 Å². The Morgan fingerprint density at radius 2 is 2.00 bits per heavy atom. The monoisotopic (exact) mass is 353 g/mol. The number of fused-ring (bicyclic) bond motifs is 1. The van der Waals surface area contributed by atoms with E-state index in [9.17, 15) is 9.18 Å². The molecule has 0 fully saturated rings. The van der Waals surface area contributed by atoms with E-state index >= 15 is 0 Å². The van der Waals surface area contributed by atoms with Crippen molar-refractivity contribution in [2.75, 3.05) is 32.6 Å². The van der Waals surface area contributed by atoms with Crippen LogP contribution in [0.5, 0.6) is 5.75 Å². The Balaban J connectivity index is 1.75. The fourth-order valence-electron chi connectivity index (χ4n) is 2.51. The summed E-state index contributed by atoms with van der Waals surface area (Å²) in [6.45, 7) is 1.16. The molecule has 0 bridgehead atoms. The van der Waals surface area contributed by atoms with Gasteiger partial charge in [-0.2, -0.15) is 0 Å². The number of pyridine rings is 1. The van der Waals surface area contributed by atoms with Crippen LogP contribution >= 0.6 is 0 Å². The normalized spacial score (nSPS) is 10.9. The zero-order chi connectivity index (χ0) is 18.5. The van der Waals surface area contributed by atoms with Gasteiger partial charge in [-0.15, -0.1) is 0 Å². The third kappa shape index (κ3) is 4.15. The van der Waals surface area contributed by atoms with Crippen LogP contribution < -0.4 is 10.1 Å². The Kier molecular flexibility index (Phi) is 5.43. The number of benzene rings is 2. The molecule has 0 saturated heterocycles. The Labute approximate surface area is 151 Å². The number of rotatable bonds is 6. The number of halogens is 1. The molecule has 0 aliphatic heterocycles. The van der Waals surface area contributed by atoms with E-state index in [4.69, 9.17) is 4.74 Å². The highest BCUT2D eigenvalue weighted by Crippen LogP contribution is 2.23. The number of ether oxygens (including phenoxy) is 1. The zero-order valence-electron chi connectivity index (χ0n) is 14.7. The average molecular weight is 353 g/mol. The lowest BCUT2D eigenvalue weighted by Crippen LogP contribution is -2.19. The van der Waals surface area contributed by atoms with Crippen molar-refractivity contribution in [3.63, 3.8) is 0 Å². The summed E-state index contributed by atoms with van der Waals surface area (Å²) in [7, 11) is 3.86. The van der Waals surface area contributed by atoms with Crippen molar-refractivity contribution < 1.29 is 13.9 Å². The Hall–Kier alpha value is -2.99. The summed E-state index contributed by atoms with van der Waals surface area (Å²) in [6.07, 6.45) is 1.65. The van der Waals surface area contributed by atoms with E-state index < -0.39 is 11.7 Å². The molecule has 0 spiro atoms. The van der Waals surface area contributed by atoms with Crippen molar-refractivity contribution in [3.05, 3.63) is 66.1 Å².